The monoisotopic (exact) mass is 402 g/mol. The molecule has 0 heterocycles. The highest BCUT2D eigenvalue weighted by atomic mass is 32.2. The highest BCUT2D eigenvalue weighted by Gasteiger charge is 2.24. The van der Waals surface area contributed by atoms with Crippen LogP contribution in [0.1, 0.15) is 28.8 Å². The first-order valence-electron chi connectivity index (χ1n) is 9.40. The van der Waals surface area contributed by atoms with E-state index in [-0.39, 0.29) is 10.8 Å². The second kappa shape index (κ2) is 8.75. The number of carbonyl (C=O) groups is 1. The van der Waals surface area contributed by atoms with Gasteiger partial charge in [0.2, 0.25) is 10.0 Å². The summed E-state index contributed by atoms with van der Waals surface area (Å²) < 4.78 is 33.1. The fraction of sp³-hybridized carbons (Fsp3) is 0.381. The molecule has 0 bridgehead atoms. The number of hydrogen-bond acceptors (Lipinski definition) is 4. The molecule has 2 aromatic rings. The van der Waals surface area contributed by atoms with E-state index >= 15 is 0 Å². The average molecular weight is 403 g/mol. The lowest BCUT2D eigenvalue weighted by Gasteiger charge is -2.18. The zero-order valence-electron chi connectivity index (χ0n) is 16.2. The molecule has 0 atom stereocenters. The maximum absolute atomic E-state index is 12.6. The van der Waals surface area contributed by atoms with E-state index in [1.807, 2.05) is 31.2 Å². The number of hydrogen-bond donors (Lipinski definition) is 1. The molecule has 6 nitrogen and oxygen atoms in total. The summed E-state index contributed by atoms with van der Waals surface area (Å²) >= 11 is 0. The molecule has 1 aliphatic rings. The standard InChI is InChI=1S/C21H26N2O4S/c1-16-6-10-19(11-7-16)27-13-12-23(2)21(24)18-4-3-5-20(14-18)28(25,26)22-15-17-8-9-17/h3-7,10-11,14,17,22H,8-9,12-13,15H2,1-2H3. The summed E-state index contributed by atoms with van der Waals surface area (Å²) in [6.45, 7) is 3.21. The number of benzene rings is 2. The van der Waals surface area contributed by atoms with Crippen LogP contribution in [0.2, 0.25) is 0 Å². The summed E-state index contributed by atoms with van der Waals surface area (Å²) in [6, 6.07) is 13.9. The summed E-state index contributed by atoms with van der Waals surface area (Å²) in [7, 11) is -1.93. The van der Waals surface area contributed by atoms with Crippen molar-refractivity contribution in [2.45, 2.75) is 24.7 Å². The van der Waals surface area contributed by atoms with Crippen molar-refractivity contribution in [1.29, 1.82) is 0 Å². The zero-order valence-corrected chi connectivity index (χ0v) is 17.0. The van der Waals surface area contributed by atoms with Crippen LogP contribution in [0, 0.1) is 12.8 Å². The van der Waals surface area contributed by atoms with Crippen molar-refractivity contribution >= 4 is 15.9 Å². The predicted molar refractivity (Wildman–Crippen MR) is 108 cm³/mol. The third-order valence-electron chi connectivity index (χ3n) is 4.71. The molecule has 3 rings (SSSR count). The minimum absolute atomic E-state index is 0.114. The highest BCUT2D eigenvalue weighted by molar-refractivity contribution is 7.89. The second-order valence-corrected chi connectivity index (χ2v) is 8.98. The predicted octanol–water partition coefficient (Wildman–Crippen LogP) is 2.83. The normalized spacial score (nSPS) is 13.9. The Bertz CT molecular complexity index is 922. The highest BCUT2D eigenvalue weighted by Crippen LogP contribution is 2.28. The van der Waals surface area contributed by atoms with Gasteiger partial charge in [0.25, 0.3) is 5.91 Å². The number of sulfonamides is 1. The first-order chi connectivity index (χ1) is 13.3. The Labute approximate surface area is 166 Å². The van der Waals surface area contributed by atoms with Gasteiger partial charge in [-0.25, -0.2) is 13.1 Å². The molecule has 150 valence electrons. The van der Waals surface area contributed by atoms with Crippen LogP contribution in [0.4, 0.5) is 0 Å². The molecule has 28 heavy (non-hydrogen) atoms. The Morgan fingerprint density at radius 2 is 1.89 bits per heavy atom. The third kappa shape index (κ3) is 5.56. The number of likely N-dealkylation sites (N-methyl/N-ethyl adjacent to an activating group) is 1. The van der Waals surface area contributed by atoms with Gasteiger partial charge in [-0.1, -0.05) is 23.8 Å². The molecule has 0 saturated heterocycles. The summed E-state index contributed by atoms with van der Waals surface area (Å²) in [5.74, 6) is 0.951. The molecule has 1 saturated carbocycles. The van der Waals surface area contributed by atoms with Crippen LogP contribution in [0.25, 0.3) is 0 Å². The molecule has 0 radical (unpaired) electrons. The van der Waals surface area contributed by atoms with E-state index in [9.17, 15) is 13.2 Å². The van der Waals surface area contributed by atoms with Gasteiger partial charge in [0.15, 0.2) is 0 Å². The lowest BCUT2D eigenvalue weighted by Crippen LogP contribution is -2.31. The number of nitrogens with zero attached hydrogens (tertiary/aromatic N) is 1. The Kier molecular flexibility index (Phi) is 6.36. The van der Waals surface area contributed by atoms with Crippen molar-refractivity contribution in [3.63, 3.8) is 0 Å². The average Bonchev–Trinajstić information content (AvgIpc) is 3.52. The smallest absolute Gasteiger partial charge is 0.253 e. The van der Waals surface area contributed by atoms with E-state index in [4.69, 9.17) is 4.74 Å². The molecule has 0 aliphatic heterocycles. The number of rotatable bonds is 9. The number of ether oxygens (including phenoxy) is 1. The van der Waals surface area contributed by atoms with Crippen LogP contribution in [0.5, 0.6) is 5.75 Å². The lowest BCUT2D eigenvalue weighted by atomic mass is 10.2. The SMILES string of the molecule is Cc1ccc(OCCN(C)C(=O)c2cccc(S(=O)(=O)NCC3CC3)c2)cc1. The molecule has 0 spiro atoms. The molecule has 1 amide bonds. The molecule has 7 heteroatoms. The summed E-state index contributed by atoms with van der Waals surface area (Å²) in [4.78, 5) is 14.3. The fourth-order valence-electron chi connectivity index (χ4n) is 2.69. The molecule has 1 aliphatic carbocycles. The second-order valence-electron chi connectivity index (χ2n) is 7.21. The van der Waals surface area contributed by atoms with Crippen molar-refractivity contribution in [2.24, 2.45) is 5.92 Å². The molecule has 0 unspecified atom stereocenters. The van der Waals surface area contributed by atoms with Crippen molar-refractivity contribution in [2.75, 3.05) is 26.7 Å². The molecular formula is C21H26N2O4S. The first kappa shape index (κ1) is 20.4. The fourth-order valence-corrected chi connectivity index (χ4v) is 3.85. The largest absolute Gasteiger partial charge is 0.492 e. The van der Waals surface area contributed by atoms with Crippen LogP contribution in [0.15, 0.2) is 53.4 Å². The van der Waals surface area contributed by atoms with Crippen LogP contribution in [-0.2, 0) is 10.0 Å². The van der Waals surface area contributed by atoms with Gasteiger partial charge in [-0.15, -0.1) is 0 Å². The minimum Gasteiger partial charge on any atom is -0.492 e. The number of nitrogens with one attached hydrogen (secondary N) is 1. The Morgan fingerprint density at radius 1 is 1.18 bits per heavy atom. The first-order valence-corrected chi connectivity index (χ1v) is 10.9. The third-order valence-corrected chi connectivity index (χ3v) is 6.13. The molecule has 1 fully saturated rings. The quantitative estimate of drug-likeness (QED) is 0.700. The topological polar surface area (TPSA) is 75.7 Å². The molecule has 1 N–H and O–H groups in total. The number of carbonyl (C=O) groups excluding carboxylic acids is 1. The Balaban J connectivity index is 1.57. The van der Waals surface area contributed by atoms with E-state index < -0.39 is 10.0 Å². The number of amides is 1. The maximum atomic E-state index is 12.6. The van der Waals surface area contributed by atoms with Gasteiger partial charge in [0, 0.05) is 19.2 Å². The Hall–Kier alpha value is -2.38. The molecule has 2 aromatic carbocycles. The van der Waals surface area contributed by atoms with Gasteiger partial charge in [0.1, 0.15) is 12.4 Å². The van der Waals surface area contributed by atoms with Crippen molar-refractivity contribution in [3.8, 4) is 5.75 Å². The summed E-state index contributed by atoms with van der Waals surface area (Å²) in [6.07, 6.45) is 2.13. The van der Waals surface area contributed by atoms with Crippen molar-refractivity contribution in [3.05, 3.63) is 59.7 Å². The van der Waals surface area contributed by atoms with Crippen molar-refractivity contribution < 1.29 is 17.9 Å². The minimum atomic E-state index is -3.60. The van der Waals surface area contributed by atoms with Crippen LogP contribution in [0.3, 0.4) is 0 Å². The zero-order chi connectivity index (χ0) is 20.1. The van der Waals surface area contributed by atoms with E-state index in [2.05, 4.69) is 4.72 Å². The maximum Gasteiger partial charge on any atom is 0.253 e. The molecule has 0 aromatic heterocycles. The van der Waals surface area contributed by atoms with Gasteiger partial charge in [0.05, 0.1) is 11.4 Å². The number of aryl methyl sites for hydroxylation is 1. The van der Waals surface area contributed by atoms with E-state index in [1.54, 1.807) is 19.2 Å². The Morgan fingerprint density at radius 3 is 2.57 bits per heavy atom. The van der Waals surface area contributed by atoms with Crippen molar-refractivity contribution in [1.82, 2.24) is 9.62 Å². The van der Waals surface area contributed by atoms with Gasteiger partial charge >= 0.3 is 0 Å². The lowest BCUT2D eigenvalue weighted by molar-refractivity contribution is 0.0773. The van der Waals surface area contributed by atoms with Crippen LogP contribution in [-0.4, -0.2) is 46.0 Å². The van der Waals surface area contributed by atoms with E-state index in [1.165, 1.54) is 17.0 Å². The van der Waals surface area contributed by atoms with Gasteiger partial charge in [-0.05, 0) is 56.0 Å². The van der Waals surface area contributed by atoms with E-state index in [0.29, 0.717) is 31.2 Å². The summed E-state index contributed by atoms with van der Waals surface area (Å²) in [5.41, 5.74) is 1.49. The summed E-state index contributed by atoms with van der Waals surface area (Å²) in [5, 5.41) is 0. The van der Waals surface area contributed by atoms with Gasteiger partial charge in [-0.3, -0.25) is 4.79 Å². The van der Waals surface area contributed by atoms with Gasteiger partial charge in [-0.2, -0.15) is 0 Å². The van der Waals surface area contributed by atoms with Crippen LogP contribution >= 0.6 is 0 Å². The van der Waals surface area contributed by atoms with E-state index in [0.717, 1.165) is 24.2 Å². The van der Waals surface area contributed by atoms with Crippen LogP contribution < -0.4 is 9.46 Å². The molecular weight excluding hydrogens is 376 g/mol. The van der Waals surface area contributed by atoms with Gasteiger partial charge < -0.3 is 9.64 Å².